The summed E-state index contributed by atoms with van der Waals surface area (Å²) in [5.74, 6) is 1.77. The molecule has 0 aliphatic carbocycles. The molecule has 0 spiro atoms. The number of anilines is 2. The van der Waals surface area contributed by atoms with Gasteiger partial charge in [-0.1, -0.05) is 60.7 Å². The molecule has 0 saturated heterocycles. The quantitative estimate of drug-likeness (QED) is 0.211. The second kappa shape index (κ2) is 14.0. The van der Waals surface area contributed by atoms with E-state index in [-0.39, 0.29) is 0 Å². The van der Waals surface area contributed by atoms with Crippen LogP contribution in [0.4, 0.5) is 11.4 Å². The van der Waals surface area contributed by atoms with Crippen molar-refractivity contribution < 1.29 is 9.47 Å². The van der Waals surface area contributed by atoms with E-state index in [1.165, 1.54) is 11.1 Å². The standard InChI is InChI=1S/C32H36N2O2/c1-2-35-31-17-13-29(14-18-31)33-30-15-19-32(20-16-30)36-26-25-34(23-21-27-9-5-3-6-10-27)24-22-28-11-7-4-8-12-28/h3-20,33H,2,21-26H2,1H3. The van der Waals surface area contributed by atoms with Gasteiger partial charge in [0, 0.05) is 31.0 Å². The Morgan fingerprint density at radius 1 is 0.556 bits per heavy atom. The van der Waals surface area contributed by atoms with Gasteiger partial charge in [-0.3, -0.25) is 4.90 Å². The summed E-state index contributed by atoms with van der Waals surface area (Å²) < 4.78 is 11.6. The van der Waals surface area contributed by atoms with Crippen LogP contribution in [0, 0.1) is 0 Å². The van der Waals surface area contributed by atoms with Crippen LogP contribution in [0.1, 0.15) is 18.1 Å². The van der Waals surface area contributed by atoms with Crippen molar-refractivity contribution in [2.45, 2.75) is 19.8 Å². The number of ether oxygens (including phenoxy) is 2. The van der Waals surface area contributed by atoms with Crippen LogP contribution in [0.3, 0.4) is 0 Å². The molecule has 0 amide bonds. The Balaban J connectivity index is 1.26. The van der Waals surface area contributed by atoms with E-state index in [4.69, 9.17) is 9.47 Å². The Morgan fingerprint density at radius 3 is 1.50 bits per heavy atom. The van der Waals surface area contributed by atoms with E-state index in [0.717, 1.165) is 55.3 Å². The molecule has 0 fully saturated rings. The van der Waals surface area contributed by atoms with Crippen LogP contribution in [0.2, 0.25) is 0 Å². The van der Waals surface area contributed by atoms with Gasteiger partial charge >= 0.3 is 0 Å². The molecule has 0 aliphatic heterocycles. The third-order valence-corrected chi connectivity index (χ3v) is 6.10. The number of nitrogens with one attached hydrogen (secondary N) is 1. The highest BCUT2D eigenvalue weighted by Crippen LogP contribution is 2.22. The maximum atomic E-state index is 6.10. The van der Waals surface area contributed by atoms with Gasteiger partial charge in [-0.25, -0.2) is 0 Å². The fourth-order valence-electron chi connectivity index (χ4n) is 4.09. The zero-order valence-electron chi connectivity index (χ0n) is 21.1. The summed E-state index contributed by atoms with van der Waals surface area (Å²) in [6.45, 7) is 6.26. The maximum Gasteiger partial charge on any atom is 0.119 e. The normalized spacial score (nSPS) is 10.8. The molecule has 186 valence electrons. The fraction of sp³-hybridized carbons (Fsp3) is 0.250. The van der Waals surface area contributed by atoms with E-state index < -0.39 is 0 Å². The minimum atomic E-state index is 0.662. The monoisotopic (exact) mass is 480 g/mol. The van der Waals surface area contributed by atoms with Crippen LogP contribution in [0.15, 0.2) is 109 Å². The van der Waals surface area contributed by atoms with E-state index >= 15 is 0 Å². The lowest BCUT2D eigenvalue weighted by Crippen LogP contribution is -2.32. The summed E-state index contributed by atoms with van der Waals surface area (Å²) in [5, 5.41) is 3.42. The highest BCUT2D eigenvalue weighted by atomic mass is 16.5. The van der Waals surface area contributed by atoms with Gasteiger partial charge in [0.05, 0.1) is 6.61 Å². The molecule has 4 heteroatoms. The molecule has 4 nitrogen and oxygen atoms in total. The average molecular weight is 481 g/mol. The molecule has 0 radical (unpaired) electrons. The summed E-state index contributed by atoms with van der Waals surface area (Å²) in [6.07, 6.45) is 2.09. The predicted molar refractivity (Wildman–Crippen MR) is 150 cm³/mol. The topological polar surface area (TPSA) is 33.7 Å². The molecule has 0 heterocycles. The van der Waals surface area contributed by atoms with Crippen molar-refractivity contribution in [3.05, 3.63) is 120 Å². The molecule has 0 saturated carbocycles. The van der Waals surface area contributed by atoms with Crippen LogP contribution in [-0.2, 0) is 12.8 Å². The molecule has 4 aromatic carbocycles. The van der Waals surface area contributed by atoms with Crippen molar-refractivity contribution in [3.8, 4) is 11.5 Å². The Morgan fingerprint density at radius 2 is 1.03 bits per heavy atom. The minimum absolute atomic E-state index is 0.662. The number of hydrogen-bond acceptors (Lipinski definition) is 4. The van der Waals surface area contributed by atoms with Gasteiger partial charge < -0.3 is 14.8 Å². The van der Waals surface area contributed by atoms with Crippen LogP contribution >= 0.6 is 0 Å². The number of benzene rings is 4. The summed E-state index contributed by atoms with van der Waals surface area (Å²) >= 11 is 0. The third kappa shape index (κ3) is 8.47. The van der Waals surface area contributed by atoms with Gasteiger partial charge in [0.1, 0.15) is 18.1 Å². The smallest absolute Gasteiger partial charge is 0.119 e. The Hall–Kier alpha value is -3.76. The van der Waals surface area contributed by atoms with E-state index in [1.54, 1.807) is 0 Å². The zero-order valence-corrected chi connectivity index (χ0v) is 21.1. The van der Waals surface area contributed by atoms with Gasteiger partial charge in [0.25, 0.3) is 0 Å². The molecule has 4 rings (SSSR count). The Kier molecular flexibility index (Phi) is 9.82. The van der Waals surface area contributed by atoms with Crippen molar-refractivity contribution >= 4 is 11.4 Å². The summed E-state index contributed by atoms with van der Waals surface area (Å²) in [4.78, 5) is 2.50. The molecule has 36 heavy (non-hydrogen) atoms. The van der Waals surface area contributed by atoms with Crippen LogP contribution in [0.5, 0.6) is 11.5 Å². The molecular weight excluding hydrogens is 444 g/mol. The molecule has 0 bridgehead atoms. The first-order valence-corrected chi connectivity index (χ1v) is 12.8. The molecule has 0 atom stereocenters. The van der Waals surface area contributed by atoms with Gasteiger partial charge in [0.15, 0.2) is 0 Å². The molecule has 0 aliphatic rings. The molecule has 1 N–H and O–H groups in total. The fourth-order valence-corrected chi connectivity index (χ4v) is 4.09. The van der Waals surface area contributed by atoms with Gasteiger partial charge in [0.2, 0.25) is 0 Å². The Bertz CT molecular complexity index is 1090. The number of rotatable bonds is 14. The summed E-state index contributed by atoms with van der Waals surface area (Å²) in [7, 11) is 0. The van der Waals surface area contributed by atoms with Crippen molar-refractivity contribution in [1.29, 1.82) is 0 Å². The van der Waals surface area contributed by atoms with Gasteiger partial charge in [-0.15, -0.1) is 0 Å². The lowest BCUT2D eigenvalue weighted by atomic mass is 10.1. The highest BCUT2D eigenvalue weighted by Gasteiger charge is 2.07. The summed E-state index contributed by atoms with van der Waals surface area (Å²) in [6, 6.07) is 37.6. The highest BCUT2D eigenvalue weighted by molar-refractivity contribution is 5.61. The molecular formula is C32H36N2O2. The van der Waals surface area contributed by atoms with Crippen molar-refractivity contribution in [2.24, 2.45) is 0 Å². The van der Waals surface area contributed by atoms with Crippen molar-refractivity contribution in [1.82, 2.24) is 4.90 Å². The second-order valence-corrected chi connectivity index (χ2v) is 8.77. The van der Waals surface area contributed by atoms with Crippen LogP contribution in [0.25, 0.3) is 0 Å². The third-order valence-electron chi connectivity index (χ3n) is 6.10. The van der Waals surface area contributed by atoms with Crippen molar-refractivity contribution in [3.63, 3.8) is 0 Å². The zero-order chi connectivity index (χ0) is 24.8. The second-order valence-electron chi connectivity index (χ2n) is 8.77. The van der Waals surface area contributed by atoms with Crippen molar-refractivity contribution in [2.75, 3.05) is 38.2 Å². The van der Waals surface area contributed by atoms with E-state index in [9.17, 15) is 0 Å². The predicted octanol–water partition coefficient (Wildman–Crippen LogP) is 7.00. The Labute approximate surface area is 215 Å². The first kappa shape index (κ1) is 25.3. The average Bonchev–Trinajstić information content (AvgIpc) is 2.93. The van der Waals surface area contributed by atoms with E-state index in [2.05, 4.69) is 70.9 Å². The first-order valence-electron chi connectivity index (χ1n) is 12.8. The maximum absolute atomic E-state index is 6.10. The largest absolute Gasteiger partial charge is 0.494 e. The van der Waals surface area contributed by atoms with Gasteiger partial charge in [-0.2, -0.15) is 0 Å². The number of nitrogens with zero attached hydrogens (tertiary/aromatic N) is 1. The first-order chi connectivity index (χ1) is 17.8. The molecule has 4 aromatic rings. The SMILES string of the molecule is CCOc1ccc(Nc2ccc(OCCN(CCc3ccccc3)CCc3ccccc3)cc2)cc1. The van der Waals surface area contributed by atoms with E-state index in [1.807, 2.05) is 55.5 Å². The lowest BCUT2D eigenvalue weighted by molar-refractivity contribution is 0.211. The lowest BCUT2D eigenvalue weighted by Gasteiger charge is -2.22. The van der Waals surface area contributed by atoms with Crippen LogP contribution < -0.4 is 14.8 Å². The number of hydrogen-bond donors (Lipinski definition) is 1. The van der Waals surface area contributed by atoms with E-state index in [0.29, 0.717) is 13.2 Å². The summed E-state index contributed by atoms with van der Waals surface area (Å²) in [5.41, 5.74) is 4.80. The molecule has 0 aromatic heterocycles. The van der Waals surface area contributed by atoms with Crippen LogP contribution in [-0.4, -0.2) is 37.7 Å². The molecule has 0 unspecified atom stereocenters. The van der Waals surface area contributed by atoms with Gasteiger partial charge in [-0.05, 0) is 79.4 Å². The minimum Gasteiger partial charge on any atom is -0.494 e.